The highest BCUT2D eigenvalue weighted by Crippen LogP contribution is 2.24. The van der Waals surface area contributed by atoms with E-state index < -0.39 is 10.0 Å². The van der Waals surface area contributed by atoms with Gasteiger partial charge in [0, 0.05) is 29.8 Å². The van der Waals surface area contributed by atoms with Crippen LogP contribution in [0.1, 0.15) is 47.4 Å². The highest BCUT2D eigenvalue weighted by molar-refractivity contribution is 7.89. The van der Waals surface area contributed by atoms with Crippen molar-refractivity contribution in [3.05, 3.63) is 59.4 Å². The van der Waals surface area contributed by atoms with Gasteiger partial charge in [-0.2, -0.15) is 0 Å². The summed E-state index contributed by atoms with van der Waals surface area (Å²) in [5, 5.41) is 11.6. The van der Waals surface area contributed by atoms with Gasteiger partial charge in [-0.15, -0.1) is 10.2 Å². The molecule has 8 nitrogen and oxygen atoms in total. The molecule has 0 bridgehead atoms. The Labute approximate surface area is 188 Å². The lowest BCUT2D eigenvalue weighted by molar-refractivity contribution is 0.102. The van der Waals surface area contributed by atoms with Gasteiger partial charge in [-0.3, -0.25) is 4.79 Å². The molecule has 2 N–H and O–H groups in total. The molecule has 0 saturated carbocycles. The van der Waals surface area contributed by atoms with E-state index in [0.717, 1.165) is 43.0 Å². The van der Waals surface area contributed by atoms with Crippen molar-refractivity contribution in [1.82, 2.24) is 19.5 Å². The van der Waals surface area contributed by atoms with Gasteiger partial charge < -0.3 is 9.88 Å². The van der Waals surface area contributed by atoms with E-state index in [-0.39, 0.29) is 10.8 Å². The van der Waals surface area contributed by atoms with Crippen molar-refractivity contribution in [1.29, 1.82) is 0 Å². The van der Waals surface area contributed by atoms with Crippen LogP contribution in [0.5, 0.6) is 0 Å². The average molecular weight is 454 g/mol. The van der Waals surface area contributed by atoms with Gasteiger partial charge >= 0.3 is 0 Å². The molecule has 1 aliphatic heterocycles. The smallest absolute Gasteiger partial charge is 0.255 e. The van der Waals surface area contributed by atoms with Crippen LogP contribution < -0.4 is 10.0 Å². The van der Waals surface area contributed by atoms with Crippen LogP contribution in [0, 0.1) is 6.92 Å². The number of rotatable bonds is 5. The Kier molecular flexibility index (Phi) is 6.38. The van der Waals surface area contributed by atoms with Crippen LogP contribution in [0.15, 0.2) is 47.4 Å². The third kappa shape index (κ3) is 4.58. The molecule has 2 heterocycles. The average Bonchev–Trinajstić information content (AvgIpc) is 3.15. The van der Waals surface area contributed by atoms with Crippen molar-refractivity contribution in [3.8, 4) is 11.4 Å². The van der Waals surface area contributed by atoms with Crippen molar-refractivity contribution in [2.75, 3.05) is 12.4 Å². The number of nitrogens with zero attached hydrogens (tertiary/aromatic N) is 3. The van der Waals surface area contributed by atoms with Gasteiger partial charge in [0.05, 0.1) is 4.90 Å². The van der Waals surface area contributed by atoms with E-state index >= 15 is 0 Å². The lowest BCUT2D eigenvalue weighted by Gasteiger charge is -2.14. The lowest BCUT2D eigenvalue weighted by Crippen LogP contribution is -2.20. The standard InChI is InChI=1S/C23H27N5O3S/c1-16-8-13-19(32(30,31)24-2)15-20(16)23(29)25-18-11-9-17(10-12-18)22-27-26-21-7-5-3-4-6-14-28(21)22/h8-13,15,24H,3-7,14H2,1-2H3,(H,25,29). The third-order valence-electron chi connectivity index (χ3n) is 5.79. The van der Waals surface area contributed by atoms with Crippen molar-refractivity contribution in [2.45, 2.75) is 50.5 Å². The fourth-order valence-electron chi connectivity index (χ4n) is 3.91. The Balaban J connectivity index is 1.54. The van der Waals surface area contributed by atoms with Crippen molar-refractivity contribution < 1.29 is 13.2 Å². The Morgan fingerprint density at radius 1 is 1.00 bits per heavy atom. The van der Waals surface area contributed by atoms with Gasteiger partial charge in [0.15, 0.2) is 5.82 Å². The van der Waals surface area contributed by atoms with Gasteiger partial charge in [0.1, 0.15) is 5.82 Å². The number of fused-ring (bicyclic) bond motifs is 1. The third-order valence-corrected chi connectivity index (χ3v) is 7.21. The first kappa shape index (κ1) is 22.2. The van der Waals surface area contributed by atoms with Crippen LogP contribution in [0.4, 0.5) is 5.69 Å². The van der Waals surface area contributed by atoms with Gasteiger partial charge in [-0.1, -0.05) is 18.9 Å². The van der Waals surface area contributed by atoms with Crippen LogP contribution in [0.25, 0.3) is 11.4 Å². The second kappa shape index (κ2) is 9.22. The molecule has 1 amide bonds. The van der Waals surface area contributed by atoms with Crippen LogP contribution in [0.2, 0.25) is 0 Å². The van der Waals surface area contributed by atoms with E-state index in [4.69, 9.17) is 0 Å². The minimum Gasteiger partial charge on any atom is -0.322 e. The monoisotopic (exact) mass is 453 g/mol. The Bertz CT molecular complexity index is 1230. The quantitative estimate of drug-likeness (QED) is 0.615. The van der Waals surface area contributed by atoms with Gasteiger partial charge in [0.25, 0.3) is 5.91 Å². The zero-order valence-electron chi connectivity index (χ0n) is 18.3. The lowest BCUT2D eigenvalue weighted by atomic mass is 10.1. The number of hydrogen-bond donors (Lipinski definition) is 2. The van der Waals surface area contributed by atoms with E-state index in [0.29, 0.717) is 16.8 Å². The van der Waals surface area contributed by atoms with E-state index in [2.05, 4.69) is 24.8 Å². The second-order valence-electron chi connectivity index (χ2n) is 7.97. The summed E-state index contributed by atoms with van der Waals surface area (Å²) in [5.74, 6) is 1.51. The molecule has 0 fully saturated rings. The molecule has 0 atom stereocenters. The Hall–Kier alpha value is -3.04. The molecule has 32 heavy (non-hydrogen) atoms. The molecular weight excluding hydrogens is 426 g/mol. The molecular formula is C23H27N5O3S. The number of sulfonamides is 1. The minimum absolute atomic E-state index is 0.0504. The summed E-state index contributed by atoms with van der Waals surface area (Å²) in [4.78, 5) is 12.9. The minimum atomic E-state index is -3.63. The van der Waals surface area contributed by atoms with Crippen molar-refractivity contribution in [3.63, 3.8) is 0 Å². The number of benzene rings is 2. The zero-order chi connectivity index (χ0) is 22.7. The summed E-state index contributed by atoms with van der Waals surface area (Å²) in [5.41, 5.74) is 2.56. The molecule has 0 unspecified atom stereocenters. The number of aryl methyl sites for hydroxylation is 2. The normalized spacial score (nSPS) is 14.3. The molecule has 2 aromatic carbocycles. The molecule has 0 radical (unpaired) electrons. The second-order valence-corrected chi connectivity index (χ2v) is 9.86. The largest absolute Gasteiger partial charge is 0.322 e. The summed E-state index contributed by atoms with van der Waals surface area (Å²) in [6.07, 6.45) is 5.66. The summed E-state index contributed by atoms with van der Waals surface area (Å²) >= 11 is 0. The van der Waals surface area contributed by atoms with Crippen LogP contribution in [-0.2, 0) is 23.0 Å². The Morgan fingerprint density at radius 2 is 1.75 bits per heavy atom. The molecule has 168 valence electrons. The Morgan fingerprint density at radius 3 is 2.50 bits per heavy atom. The molecule has 1 aliphatic rings. The molecule has 4 rings (SSSR count). The fraction of sp³-hybridized carbons (Fsp3) is 0.348. The fourth-order valence-corrected chi connectivity index (χ4v) is 4.66. The molecule has 9 heteroatoms. The summed E-state index contributed by atoms with van der Waals surface area (Å²) in [7, 11) is -2.29. The maximum absolute atomic E-state index is 12.8. The number of anilines is 1. The molecule has 3 aromatic rings. The SMILES string of the molecule is CNS(=O)(=O)c1ccc(C)c(C(=O)Nc2ccc(-c3nnc4n3CCCCCC4)cc2)c1. The first-order valence-electron chi connectivity index (χ1n) is 10.8. The van der Waals surface area contributed by atoms with E-state index in [1.807, 2.05) is 24.3 Å². The maximum Gasteiger partial charge on any atom is 0.255 e. The highest BCUT2D eigenvalue weighted by Gasteiger charge is 2.18. The number of aromatic nitrogens is 3. The van der Waals surface area contributed by atoms with Crippen LogP contribution >= 0.6 is 0 Å². The first-order chi connectivity index (χ1) is 15.4. The number of carbonyl (C=O) groups excluding carboxylic acids is 1. The summed E-state index contributed by atoms with van der Waals surface area (Å²) < 4.78 is 28.6. The van der Waals surface area contributed by atoms with Crippen LogP contribution in [0.3, 0.4) is 0 Å². The maximum atomic E-state index is 12.8. The van der Waals surface area contributed by atoms with Gasteiger partial charge in [-0.05, 0) is 68.8 Å². The van der Waals surface area contributed by atoms with Crippen molar-refractivity contribution in [2.24, 2.45) is 0 Å². The zero-order valence-corrected chi connectivity index (χ0v) is 19.1. The topological polar surface area (TPSA) is 106 Å². The van der Waals surface area contributed by atoms with Crippen molar-refractivity contribution >= 4 is 21.6 Å². The van der Waals surface area contributed by atoms with E-state index in [9.17, 15) is 13.2 Å². The number of hydrogen-bond acceptors (Lipinski definition) is 5. The van der Waals surface area contributed by atoms with Gasteiger partial charge in [0.2, 0.25) is 10.0 Å². The molecule has 0 spiro atoms. The summed E-state index contributed by atoms with van der Waals surface area (Å²) in [6, 6.07) is 12.0. The highest BCUT2D eigenvalue weighted by atomic mass is 32.2. The predicted molar refractivity (Wildman–Crippen MR) is 123 cm³/mol. The molecule has 1 aromatic heterocycles. The van der Waals surface area contributed by atoms with E-state index in [1.165, 1.54) is 32.0 Å². The first-order valence-corrected chi connectivity index (χ1v) is 12.3. The van der Waals surface area contributed by atoms with Gasteiger partial charge in [-0.25, -0.2) is 13.1 Å². The number of nitrogens with one attached hydrogen (secondary N) is 2. The summed E-state index contributed by atoms with van der Waals surface area (Å²) in [6.45, 7) is 2.69. The van der Waals surface area contributed by atoms with E-state index in [1.54, 1.807) is 13.0 Å². The number of amides is 1. The predicted octanol–water partition coefficient (Wildman–Crippen LogP) is 3.53. The molecule has 0 aliphatic carbocycles. The van der Waals surface area contributed by atoms with Crippen LogP contribution in [-0.4, -0.2) is 36.1 Å². The number of carbonyl (C=O) groups is 1. The molecule has 0 saturated heterocycles.